The predicted octanol–water partition coefficient (Wildman–Crippen LogP) is 1.83. The van der Waals surface area contributed by atoms with Gasteiger partial charge in [0.05, 0.1) is 49.8 Å². The van der Waals surface area contributed by atoms with Gasteiger partial charge in [-0.1, -0.05) is 58.4 Å². The maximum Gasteiger partial charge on any atom is 0.306 e. The van der Waals surface area contributed by atoms with Gasteiger partial charge in [-0.25, -0.2) is 0 Å². The van der Waals surface area contributed by atoms with Crippen LogP contribution in [-0.4, -0.2) is 131 Å². The smallest absolute Gasteiger partial charge is 0.306 e. The summed E-state index contributed by atoms with van der Waals surface area (Å²) in [6.07, 6.45) is 3.61. The number of nitrogens with one attached hydrogen (secondary N) is 1. The third kappa shape index (κ3) is 7.25. The standard InChI is InChI=1S/C35H47BrN4O8/c1-4-6-12-27(42)47-22-26(24-10-8-7-9-11-24)37-32(43)28-29-33(44)40(23(3)21-41)31(35(29)20-25(36)30(28)48-35)34(45)39(13-5-2)15-14-38-16-18-46-19-17-38/h4-5,7-11,23,25-26,28-31,41H,1-2,6,12-22H2,3H3,(H,37,43)/t23-,25?,26-,28-,29+,30-,31-,35+/m1/s1. The van der Waals surface area contributed by atoms with Gasteiger partial charge in [-0.3, -0.25) is 24.1 Å². The van der Waals surface area contributed by atoms with Crippen molar-refractivity contribution in [3.8, 4) is 0 Å². The van der Waals surface area contributed by atoms with Gasteiger partial charge in [0.1, 0.15) is 18.2 Å². The topological polar surface area (TPSA) is 138 Å². The number of allylic oxidation sites excluding steroid dienone is 1. The molecule has 3 amide bonds. The molecule has 13 heteroatoms. The lowest BCUT2D eigenvalue weighted by Crippen LogP contribution is -2.59. The van der Waals surface area contributed by atoms with Crippen molar-refractivity contribution >= 4 is 39.6 Å². The van der Waals surface area contributed by atoms with Gasteiger partial charge in [-0.15, -0.1) is 13.2 Å². The van der Waals surface area contributed by atoms with E-state index >= 15 is 0 Å². The fourth-order valence-electron chi connectivity index (χ4n) is 7.56. The lowest BCUT2D eigenvalue weighted by Gasteiger charge is -2.39. The Balaban J connectivity index is 1.42. The van der Waals surface area contributed by atoms with Crippen LogP contribution in [0.2, 0.25) is 0 Å². The molecule has 4 heterocycles. The Hall–Kier alpha value is -3.10. The number of nitrogens with zero attached hydrogens (tertiary/aromatic N) is 3. The van der Waals surface area contributed by atoms with E-state index in [1.165, 1.54) is 4.90 Å². The zero-order valence-electron chi connectivity index (χ0n) is 27.5. The summed E-state index contributed by atoms with van der Waals surface area (Å²) in [4.78, 5) is 60.7. The van der Waals surface area contributed by atoms with Crippen molar-refractivity contribution < 1.29 is 38.5 Å². The molecule has 8 atom stereocenters. The first-order chi connectivity index (χ1) is 23.2. The molecule has 5 rings (SSSR count). The number of fused-ring (bicyclic) bond motifs is 1. The van der Waals surface area contributed by atoms with Crippen LogP contribution in [0.5, 0.6) is 0 Å². The molecule has 48 heavy (non-hydrogen) atoms. The molecule has 0 saturated carbocycles. The van der Waals surface area contributed by atoms with E-state index in [2.05, 4.69) is 39.3 Å². The zero-order chi connectivity index (χ0) is 34.4. The summed E-state index contributed by atoms with van der Waals surface area (Å²) in [5.41, 5.74) is -0.547. The molecule has 4 aliphatic rings. The zero-order valence-corrected chi connectivity index (χ0v) is 29.1. The van der Waals surface area contributed by atoms with Crippen molar-refractivity contribution in [3.63, 3.8) is 0 Å². The number of amides is 3. The van der Waals surface area contributed by atoms with E-state index in [4.69, 9.17) is 14.2 Å². The summed E-state index contributed by atoms with van der Waals surface area (Å²) in [5, 5.41) is 13.3. The molecule has 1 spiro atoms. The number of rotatable bonds is 16. The number of ether oxygens (including phenoxy) is 3. The molecule has 262 valence electrons. The Morgan fingerprint density at radius 3 is 2.60 bits per heavy atom. The Labute approximate surface area is 290 Å². The average molecular weight is 732 g/mol. The number of likely N-dealkylation sites (tertiary alicyclic amines) is 1. The van der Waals surface area contributed by atoms with Gasteiger partial charge in [-0.2, -0.15) is 0 Å². The van der Waals surface area contributed by atoms with E-state index in [1.807, 2.05) is 30.3 Å². The molecule has 1 aromatic rings. The molecule has 1 unspecified atom stereocenters. The minimum Gasteiger partial charge on any atom is -0.463 e. The highest BCUT2D eigenvalue weighted by Crippen LogP contribution is 2.60. The van der Waals surface area contributed by atoms with E-state index in [9.17, 15) is 24.3 Å². The number of carbonyl (C=O) groups excluding carboxylic acids is 4. The summed E-state index contributed by atoms with van der Waals surface area (Å²) in [6.45, 7) is 12.8. The fraction of sp³-hybridized carbons (Fsp3) is 0.600. The molecular weight excluding hydrogens is 684 g/mol. The molecule has 12 nitrogen and oxygen atoms in total. The van der Waals surface area contributed by atoms with E-state index < -0.39 is 59.5 Å². The van der Waals surface area contributed by atoms with Crippen LogP contribution in [0, 0.1) is 11.8 Å². The second kappa shape index (κ2) is 16.1. The molecule has 1 aromatic carbocycles. The molecule has 2 N–H and O–H groups in total. The quantitative estimate of drug-likeness (QED) is 0.148. The van der Waals surface area contributed by atoms with E-state index in [1.54, 1.807) is 24.0 Å². The van der Waals surface area contributed by atoms with Crippen LogP contribution in [-0.2, 0) is 33.4 Å². The number of morpholine rings is 1. The molecule has 0 aromatic heterocycles. The summed E-state index contributed by atoms with van der Waals surface area (Å²) < 4.78 is 17.7. The van der Waals surface area contributed by atoms with Crippen LogP contribution in [0.1, 0.15) is 37.8 Å². The van der Waals surface area contributed by atoms with Crippen LogP contribution in [0.25, 0.3) is 0 Å². The summed E-state index contributed by atoms with van der Waals surface area (Å²) in [6, 6.07) is 6.76. The average Bonchev–Trinajstić information content (AvgIpc) is 3.70. The van der Waals surface area contributed by atoms with E-state index in [0.717, 1.165) is 18.7 Å². The highest BCUT2D eigenvalue weighted by atomic mass is 79.9. The third-order valence-electron chi connectivity index (χ3n) is 9.94. The van der Waals surface area contributed by atoms with E-state index in [-0.39, 0.29) is 36.9 Å². The highest BCUT2D eigenvalue weighted by Gasteiger charge is 2.77. The van der Waals surface area contributed by atoms with Gasteiger partial charge in [-0.05, 0) is 25.3 Å². The number of esters is 1. The van der Waals surface area contributed by atoms with Gasteiger partial charge in [0.15, 0.2) is 0 Å². The number of aliphatic hydroxyl groups is 1. The lowest BCUT2D eigenvalue weighted by atomic mass is 9.70. The fourth-order valence-corrected chi connectivity index (χ4v) is 8.50. The van der Waals surface area contributed by atoms with Gasteiger partial charge in [0.25, 0.3) is 0 Å². The van der Waals surface area contributed by atoms with Crippen LogP contribution in [0.3, 0.4) is 0 Å². The van der Waals surface area contributed by atoms with Crippen molar-refractivity contribution in [2.75, 3.05) is 59.2 Å². The number of halogens is 1. The minimum absolute atomic E-state index is 0.0973. The second-order valence-corrected chi connectivity index (χ2v) is 14.1. The first-order valence-corrected chi connectivity index (χ1v) is 17.6. The third-order valence-corrected chi connectivity index (χ3v) is 10.8. The van der Waals surface area contributed by atoms with Crippen molar-refractivity contribution in [2.45, 2.75) is 60.8 Å². The Morgan fingerprint density at radius 2 is 1.94 bits per heavy atom. The van der Waals surface area contributed by atoms with Gasteiger partial charge in [0.2, 0.25) is 17.7 Å². The van der Waals surface area contributed by atoms with Crippen LogP contribution < -0.4 is 5.32 Å². The molecule has 4 aliphatic heterocycles. The Morgan fingerprint density at radius 1 is 1.21 bits per heavy atom. The van der Waals surface area contributed by atoms with Crippen LogP contribution in [0.15, 0.2) is 55.6 Å². The van der Waals surface area contributed by atoms with Gasteiger partial charge >= 0.3 is 5.97 Å². The van der Waals surface area contributed by atoms with Crippen molar-refractivity contribution in [1.29, 1.82) is 0 Å². The summed E-state index contributed by atoms with van der Waals surface area (Å²) in [7, 11) is 0. The number of benzene rings is 1. The number of alkyl halides is 1. The monoisotopic (exact) mass is 730 g/mol. The van der Waals surface area contributed by atoms with Crippen LogP contribution >= 0.6 is 15.9 Å². The Kier molecular flexibility index (Phi) is 12.1. The number of aliphatic hydroxyl groups excluding tert-OH is 1. The summed E-state index contributed by atoms with van der Waals surface area (Å²) in [5.74, 6) is -3.40. The minimum atomic E-state index is -1.28. The van der Waals surface area contributed by atoms with Crippen molar-refractivity contribution in [3.05, 3.63) is 61.2 Å². The number of hydrogen-bond acceptors (Lipinski definition) is 9. The highest BCUT2D eigenvalue weighted by molar-refractivity contribution is 9.09. The van der Waals surface area contributed by atoms with Crippen molar-refractivity contribution in [2.24, 2.45) is 11.8 Å². The molecule has 2 bridgehead atoms. The molecule has 4 saturated heterocycles. The maximum absolute atomic E-state index is 14.6. The normalized spacial score (nSPS) is 29.2. The largest absolute Gasteiger partial charge is 0.463 e. The first kappa shape index (κ1) is 36.2. The summed E-state index contributed by atoms with van der Waals surface area (Å²) >= 11 is 3.72. The Bertz CT molecular complexity index is 1340. The molecule has 4 fully saturated rings. The van der Waals surface area contributed by atoms with E-state index in [0.29, 0.717) is 39.1 Å². The maximum atomic E-state index is 14.6. The molecule has 0 radical (unpaired) electrons. The van der Waals surface area contributed by atoms with Crippen molar-refractivity contribution in [1.82, 2.24) is 20.0 Å². The molecular formula is C35H47BrN4O8. The number of hydrogen-bond donors (Lipinski definition) is 2. The first-order valence-electron chi connectivity index (χ1n) is 16.7. The second-order valence-electron chi connectivity index (χ2n) is 12.9. The van der Waals surface area contributed by atoms with Crippen LogP contribution in [0.4, 0.5) is 0 Å². The van der Waals surface area contributed by atoms with Gasteiger partial charge < -0.3 is 34.4 Å². The lowest BCUT2D eigenvalue weighted by molar-refractivity contribution is -0.151. The number of carbonyl (C=O) groups is 4. The predicted molar refractivity (Wildman–Crippen MR) is 181 cm³/mol. The SMILES string of the molecule is C=CCCC(=O)OC[C@@H](NC(=O)[C@H]1[C@@H]2O[C@@]3(CC2Br)[C@@H]1C(=O)N([C@H](C)CO)[C@@H]3C(=O)N(CC=C)CCN1CCOCC1)c1ccccc1. The van der Waals surface area contributed by atoms with Gasteiger partial charge in [0, 0.05) is 44.0 Å². The molecule has 0 aliphatic carbocycles.